The molecule has 0 bridgehead atoms. The van der Waals surface area contributed by atoms with Crippen LogP contribution in [0.15, 0.2) is 11.8 Å². The Morgan fingerprint density at radius 1 is 1.33 bits per heavy atom. The lowest BCUT2D eigenvalue weighted by Gasteiger charge is -2.38. The molecule has 0 aromatic rings. The highest BCUT2D eigenvalue weighted by Crippen LogP contribution is 2.51. The van der Waals surface area contributed by atoms with Crippen LogP contribution in [0.3, 0.4) is 0 Å². The molecule has 0 amide bonds. The van der Waals surface area contributed by atoms with Crippen LogP contribution in [0.5, 0.6) is 0 Å². The zero-order valence-electron chi connectivity index (χ0n) is 13.2. The van der Waals surface area contributed by atoms with Crippen molar-refractivity contribution in [3.8, 4) is 0 Å². The Bertz CT molecular complexity index is 422. The second-order valence-electron chi connectivity index (χ2n) is 6.11. The molecule has 0 heterocycles. The van der Waals surface area contributed by atoms with Gasteiger partial charge in [0, 0.05) is 30.1 Å². The summed E-state index contributed by atoms with van der Waals surface area (Å²) in [6, 6.07) is 0. The number of carbonyl (C=O) groups excluding carboxylic acids is 2. The molecule has 1 atom stereocenters. The minimum Gasteiger partial charge on any atom is -0.431 e. The van der Waals surface area contributed by atoms with Gasteiger partial charge in [0.25, 0.3) is 0 Å². The highest BCUT2D eigenvalue weighted by Gasteiger charge is 2.43. The molecule has 21 heavy (non-hydrogen) atoms. The third kappa shape index (κ3) is 4.12. The molecule has 4 heteroatoms. The number of ether oxygens (including phenoxy) is 1. The molecular weight excluding hydrogens is 284 g/mol. The lowest BCUT2D eigenvalue weighted by molar-refractivity contribution is -0.140. The van der Waals surface area contributed by atoms with Gasteiger partial charge in [0.15, 0.2) is 5.78 Å². The number of hydrogen-bond donors (Lipinski definition) is 0. The zero-order valence-corrected chi connectivity index (χ0v) is 14.0. The topological polar surface area (TPSA) is 43.4 Å². The molecule has 0 N–H and O–H groups in total. The van der Waals surface area contributed by atoms with E-state index in [1.54, 1.807) is 6.08 Å². The van der Waals surface area contributed by atoms with Crippen LogP contribution in [-0.2, 0) is 14.3 Å². The third-order valence-electron chi connectivity index (χ3n) is 4.54. The van der Waals surface area contributed by atoms with Gasteiger partial charge >= 0.3 is 5.97 Å². The fourth-order valence-corrected chi connectivity index (χ4v) is 5.19. The summed E-state index contributed by atoms with van der Waals surface area (Å²) < 4.78 is 5.63. The van der Waals surface area contributed by atoms with Crippen LogP contribution in [0.2, 0.25) is 0 Å². The van der Waals surface area contributed by atoms with E-state index in [1.165, 1.54) is 25.7 Å². The molecule has 0 aromatic heterocycles. The van der Waals surface area contributed by atoms with Crippen LogP contribution in [0.4, 0.5) is 0 Å². The van der Waals surface area contributed by atoms with E-state index in [4.69, 9.17) is 4.74 Å². The van der Waals surface area contributed by atoms with E-state index in [-0.39, 0.29) is 16.5 Å². The van der Waals surface area contributed by atoms with Crippen molar-refractivity contribution in [3.63, 3.8) is 0 Å². The molecule has 0 aliphatic heterocycles. The molecule has 2 aliphatic carbocycles. The molecular formula is C17H26O3S. The summed E-state index contributed by atoms with van der Waals surface area (Å²) in [7, 11) is 0. The first kappa shape index (κ1) is 16.6. The molecule has 0 radical (unpaired) electrons. The van der Waals surface area contributed by atoms with Crippen LogP contribution >= 0.6 is 11.8 Å². The summed E-state index contributed by atoms with van der Waals surface area (Å²) in [6.07, 6.45) is 9.00. The quantitative estimate of drug-likeness (QED) is 0.688. The monoisotopic (exact) mass is 310 g/mol. The third-order valence-corrected chi connectivity index (χ3v) is 6.15. The second kappa shape index (κ2) is 7.48. The van der Waals surface area contributed by atoms with Gasteiger partial charge in [-0.1, -0.05) is 26.7 Å². The van der Waals surface area contributed by atoms with E-state index in [1.807, 2.05) is 18.7 Å². The van der Waals surface area contributed by atoms with Crippen molar-refractivity contribution in [2.24, 2.45) is 5.92 Å². The van der Waals surface area contributed by atoms with Gasteiger partial charge in [-0.05, 0) is 30.9 Å². The Kier molecular flexibility index (Phi) is 5.91. The molecule has 1 unspecified atom stereocenters. The molecule has 0 spiro atoms. The van der Waals surface area contributed by atoms with Gasteiger partial charge in [-0.15, -0.1) is 0 Å². The molecule has 0 aromatic carbocycles. The minimum atomic E-state index is -0.208. The Morgan fingerprint density at radius 3 is 2.67 bits per heavy atom. The van der Waals surface area contributed by atoms with Gasteiger partial charge in [0.2, 0.25) is 0 Å². The number of ketones is 1. The SMILES string of the molecule is CCCC(=O)OC1=CC(=O)CC(C2(SCC)CCCC2)C1. The number of thioether (sulfide) groups is 1. The smallest absolute Gasteiger partial charge is 0.310 e. The normalized spacial score (nSPS) is 24.8. The van der Waals surface area contributed by atoms with Crippen LogP contribution in [0, 0.1) is 5.92 Å². The number of hydrogen-bond acceptors (Lipinski definition) is 4. The average molecular weight is 310 g/mol. The van der Waals surface area contributed by atoms with Crippen molar-refractivity contribution in [1.82, 2.24) is 0 Å². The fraction of sp³-hybridized carbons (Fsp3) is 0.765. The molecule has 3 nitrogen and oxygen atoms in total. The van der Waals surface area contributed by atoms with E-state index in [0.29, 0.717) is 24.5 Å². The predicted octanol–water partition coefficient (Wildman–Crippen LogP) is 4.26. The van der Waals surface area contributed by atoms with Gasteiger partial charge in [-0.3, -0.25) is 9.59 Å². The van der Waals surface area contributed by atoms with Crippen molar-refractivity contribution >= 4 is 23.5 Å². The van der Waals surface area contributed by atoms with Crippen molar-refractivity contribution in [2.75, 3.05) is 5.75 Å². The first-order chi connectivity index (χ1) is 10.1. The van der Waals surface area contributed by atoms with E-state index in [0.717, 1.165) is 18.6 Å². The predicted molar refractivity (Wildman–Crippen MR) is 86.1 cm³/mol. The zero-order chi connectivity index (χ0) is 15.3. The maximum Gasteiger partial charge on any atom is 0.310 e. The lowest BCUT2D eigenvalue weighted by Crippen LogP contribution is -2.36. The van der Waals surface area contributed by atoms with Crippen molar-refractivity contribution in [1.29, 1.82) is 0 Å². The Balaban J connectivity index is 2.07. The van der Waals surface area contributed by atoms with Gasteiger partial charge in [-0.25, -0.2) is 0 Å². The molecule has 118 valence electrons. The Labute approximate surface area is 131 Å². The van der Waals surface area contributed by atoms with E-state index in [9.17, 15) is 9.59 Å². The summed E-state index contributed by atoms with van der Waals surface area (Å²) in [4.78, 5) is 23.7. The Hall–Kier alpha value is -0.770. The van der Waals surface area contributed by atoms with Crippen molar-refractivity contribution in [2.45, 2.75) is 70.0 Å². The van der Waals surface area contributed by atoms with Crippen LogP contribution in [-0.4, -0.2) is 22.3 Å². The van der Waals surface area contributed by atoms with Crippen molar-refractivity contribution in [3.05, 3.63) is 11.8 Å². The summed E-state index contributed by atoms with van der Waals surface area (Å²) in [5.41, 5.74) is 0. The van der Waals surface area contributed by atoms with Gasteiger partial charge < -0.3 is 4.74 Å². The number of carbonyl (C=O) groups is 2. The standard InChI is InChI=1S/C17H26O3S/c1-3-7-16(19)20-15-11-13(10-14(18)12-15)17(21-4-2)8-5-6-9-17/h12-13H,3-11H2,1-2H3. The maximum atomic E-state index is 12.0. The average Bonchev–Trinajstić information content (AvgIpc) is 2.88. The summed E-state index contributed by atoms with van der Waals surface area (Å²) >= 11 is 2.01. The molecule has 2 rings (SSSR count). The largest absolute Gasteiger partial charge is 0.431 e. The first-order valence-electron chi connectivity index (χ1n) is 8.17. The molecule has 1 saturated carbocycles. The highest BCUT2D eigenvalue weighted by atomic mass is 32.2. The molecule has 0 saturated heterocycles. The molecule has 1 fully saturated rings. The maximum absolute atomic E-state index is 12.0. The summed E-state index contributed by atoms with van der Waals surface area (Å²) in [5, 5.41) is 0. The van der Waals surface area contributed by atoms with Crippen molar-refractivity contribution < 1.29 is 14.3 Å². The van der Waals surface area contributed by atoms with Gasteiger partial charge in [-0.2, -0.15) is 11.8 Å². The lowest BCUT2D eigenvalue weighted by atomic mass is 9.80. The number of rotatable bonds is 6. The fourth-order valence-electron chi connectivity index (χ4n) is 3.63. The van der Waals surface area contributed by atoms with Crippen LogP contribution < -0.4 is 0 Å². The van der Waals surface area contributed by atoms with E-state index < -0.39 is 0 Å². The van der Waals surface area contributed by atoms with Gasteiger partial charge in [0.05, 0.1) is 0 Å². The first-order valence-corrected chi connectivity index (χ1v) is 9.16. The number of allylic oxidation sites excluding steroid dienone is 2. The summed E-state index contributed by atoms with van der Waals surface area (Å²) in [5.74, 6) is 1.92. The minimum absolute atomic E-state index is 0.119. The van der Waals surface area contributed by atoms with E-state index >= 15 is 0 Å². The highest BCUT2D eigenvalue weighted by molar-refractivity contribution is 8.00. The van der Waals surface area contributed by atoms with Gasteiger partial charge in [0.1, 0.15) is 5.76 Å². The second-order valence-corrected chi connectivity index (χ2v) is 7.79. The van der Waals surface area contributed by atoms with Crippen LogP contribution in [0.25, 0.3) is 0 Å². The van der Waals surface area contributed by atoms with Crippen LogP contribution in [0.1, 0.15) is 65.2 Å². The van der Waals surface area contributed by atoms with E-state index in [2.05, 4.69) is 6.92 Å². The summed E-state index contributed by atoms with van der Waals surface area (Å²) in [6.45, 7) is 4.14. The number of esters is 1. The Morgan fingerprint density at radius 2 is 2.05 bits per heavy atom. The molecule has 2 aliphatic rings.